The van der Waals surface area contributed by atoms with Crippen LogP contribution in [-0.2, 0) is 0 Å². The minimum absolute atomic E-state index is 0.240. The summed E-state index contributed by atoms with van der Waals surface area (Å²) in [6.07, 6.45) is 1.61. The van der Waals surface area contributed by atoms with Gasteiger partial charge in [-0.2, -0.15) is 0 Å². The summed E-state index contributed by atoms with van der Waals surface area (Å²) in [6, 6.07) is 5.33. The molecule has 4 nitrogen and oxygen atoms in total. The molecule has 0 spiro atoms. The van der Waals surface area contributed by atoms with Gasteiger partial charge in [0.05, 0.1) is 19.8 Å². The van der Waals surface area contributed by atoms with Gasteiger partial charge in [0.25, 0.3) is 0 Å². The molecule has 18 heavy (non-hydrogen) atoms. The molecule has 1 rings (SSSR count). The van der Waals surface area contributed by atoms with E-state index >= 15 is 0 Å². The maximum absolute atomic E-state index is 10.0. The van der Waals surface area contributed by atoms with Gasteiger partial charge < -0.3 is 19.3 Å². The average Bonchev–Trinajstić information content (AvgIpc) is 2.36. The second-order valence-electron chi connectivity index (χ2n) is 4.55. The fourth-order valence-corrected chi connectivity index (χ4v) is 1.74. The van der Waals surface area contributed by atoms with Crippen LogP contribution < -0.4 is 14.2 Å². The first-order valence-corrected chi connectivity index (χ1v) is 6.09. The third-order valence-electron chi connectivity index (χ3n) is 2.70. The zero-order valence-corrected chi connectivity index (χ0v) is 11.5. The van der Waals surface area contributed by atoms with Crippen molar-refractivity contribution < 1.29 is 19.3 Å². The van der Waals surface area contributed by atoms with Crippen molar-refractivity contribution in [1.82, 2.24) is 0 Å². The quantitative estimate of drug-likeness (QED) is 0.812. The van der Waals surface area contributed by atoms with E-state index in [-0.39, 0.29) is 6.61 Å². The highest BCUT2D eigenvalue weighted by molar-refractivity contribution is 5.45. The lowest BCUT2D eigenvalue weighted by Gasteiger charge is -2.23. The Bertz CT molecular complexity index is 374. The fraction of sp³-hybridized carbons (Fsp3) is 0.571. The van der Waals surface area contributed by atoms with E-state index in [2.05, 4.69) is 0 Å². The number of methoxy groups -OCH3 is 2. The summed E-state index contributed by atoms with van der Waals surface area (Å²) < 4.78 is 16.0. The Morgan fingerprint density at radius 1 is 1.17 bits per heavy atom. The van der Waals surface area contributed by atoms with Crippen LogP contribution in [0.4, 0.5) is 0 Å². The normalized spacial score (nSPS) is 13.8. The highest BCUT2D eigenvalue weighted by Crippen LogP contribution is 2.31. The van der Waals surface area contributed by atoms with E-state index in [0.29, 0.717) is 23.7 Å². The lowest BCUT2D eigenvalue weighted by atomic mass is 10.0. The van der Waals surface area contributed by atoms with E-state index in [1.807, 2.05) is 6.92 Å². The van der Waals surface area contributed by atoms with Crippen molar-refractivity contribution in [3.8, 4) is 17.2 Å². The second-order valence-corrected chi connectivity index (χ2v) is 4.55. The number of benzene rings is 1. The predicted octanol–water partition coefficient (Wildman–Crippen LogP) is 2.63. The van der Waals surface area contributed by atoms with Crippen LogP contribution in [0.15, 0.2) is 18.2 Å². The molecule has 0 aliphatic heterocycles. The SMILES string of the molecule is CCCC(C)(O)COc1ccc(OC)cc1OC. The molecule has 0 fully saturated rings. The van der Waals surface area contributed by atoms with Crippen LogP contribution in [-0.4, -0.2) is 31.5 Å². The minimum Gasteiger partial charge on any atom is -0.497 e. The molecule has 0 amide bonds. The van der Waals surface area contributed by atoms with E-state index in [1.54, 1.807) is 39.3 Å². The van der Waals surface area contributed by atoms with Crippen LogP contribution in [0.2, 0.25) is 0 Å². The summed E-state index contributed by atoms with van der Waals surface area (Å²) in [5.41, 5.74) is -0.820. The molecule has 0 aromatic heterocycles. The molecule has 0 saturated carbocycles. The van der Waals surface area contributed by atoms with Gasteiger partial charge in [0.15, 0.2) is 11.5 Å². The number of ether oxygens (including phenoxy) is 3. The number of hydrogen-bond donors (Lipinski definition) is 1. The van der Waals surface area contributed by atoms with E-state index in [9.17, 15) is 5.11 Å². The number of hydrogen-bond acceptors (Lipinski definition) is 4. The summed E-state index contributed by atoms with van der Waals surface area (Å²) in [5, 5.41) is 10.0. The van der Waals surface area contributed by atoms with Gasteiger partial charge >= 0.3 is 0 Å². The van der Waals surface area contributed by atoms with Gasteiger partial charge in [-0.1, -0.05) is 13.3 Å². The Labute approximate surface area is 108 Å². The smallest absolute Gasteiger partial charge is 0.164 e. The molecule has 0 radical (unpaired) electrons. The Morgan fingerprint density at radius 3 is 2.44 bits per heavy atom. The van der Waals surface area contributed by atoms with Crippen LogP contribution in [0.3, 0.4) is 0 Å². The highest BCUT2D eigenvalue weighted by Gasteiger charge is 2.21. The van der Waals surface area contributed by atoms with Gasteiger partial charge in [0.1, 0.15) is 12.4 Å². The Kier molecular flexibility index (Phi) is 5.28. The Morgan fingerprint density at radius 2 is 1.89 bits per heavy atom. The number of aliphatic hydroxyl groups is 1. The van der Waals surface area contributed by atoms with Crippen LogP contribution in [0.5, 0.6) is 17.2 Å². The summed E-state index contributed by atoms with van der Waals surface area (Å²) >= 11 is 0. The molecule has 1 atom stereocenters. The maximum atomic E-state index is 10.0. The summed E-state index contributed by atoms with van der Waals surface area (Å²) in [4.78, 5) is 0. The second kappa shape index (κ2) is 6.50. The molecular weight excluding hydrogens is 232 g/mol. The largest absolute Gasteiger partial charge is 0.497 e. The topological polar surface area (TPSA) is 47.9 Å². The van der Waals surface area contributed by atoms with E-state index in [1.165, 1.54) is 0 Å². The van der Waals surface area contributed by atoms with E-state index in [0.717, 1.165) is 6.42 Å². The third kappa shape index (κ3) is 4.11. The van der Waals surface area contributed by atoms with Gasteiger partial charge in [0, 0.05) is 6.07 Å². The van der Waals surface area contributed by atoms with Gasteiger partial charge in [0.2, 0.25) is 0 Å². The van der Waals surface area contributed by atoms with Crippen molar-refractivity contribution in [2.24, 2.45) is 0 Å². The lowest BCUT2D eigenvalue weighted by Crippen LogP contribution is -2.32. The first kappa shape index (κ1) is 14.6. The number of rotatable bonds is 7. The maximum Gasteiger partial charge on any atom is 0.164 e. The van der Waals surface area contributed by atoms with Crippen molar-refractivity contribution in [2.45, 2.75) is 32.3 Å². The summed E-state index contributed by atoms with van der Waals surface area (Å²) in [5.74, 6) is 1.91. The standard InChI is InChI=1S/C14H22O4/c1-5-8-14(2,15)10-18-12-7-6-11(16-3)9-13(12)17-4/h6-7,9,15H,5,8,10H2,1-4H3. The predicted molar refractivity (Wildman–Crippen MR) is 70.6 cm³/mol. The van der Waals surface area contributed by atoms with Crippen LogP contribution in [0.25, 0.3) is 0 Å². The Balaban J connectivity index is 2.72. The van der Waals surface area contributed by atoms with Gasteiger partial charge in [-0.05, 0) is 25.5 Å². The minimum atomic E-state index is -0.820. The molecule has 0 aliphatic carbocycles. The zero-order valence-electron chi connectivity index (χ0n) is 11.5. The molecule has 0 saturated heterocycles. The van der Waals surface area contributed by atoms with E-state index < -0.39 is 5.60 Å². The van der Waals surface area contributed by atoms with Crippen molar-refractivity contribution in [3.63, 3.8) is 0 Å². The van der Waals surface area contributed by atoms with Crippen molar-refractivity contribution in [2.75, 3.05) is 20.8 Å². The van der Waals surface area contributed by atoms with Gasteiger partial charge in [-0.25, -0.2) is 0 Å². The van der Waals surface area contributed by atoms with Crippen molar-refractivity contribution in [1.29, 1.82) is 0 Å². The Hall–Kier alpha value is -1.42. The van der Waals surface area contributed by atoms with Crippen LogP contribution >= 0.6 is 0 Å². The molecular formula is C14H22O4. The molecule has 0 aliphatic rings. The fourth-order valence-electron chi connectivity index (χ4n) is 1.74. The third-order valence-corrected chi connectivity index (χ3v) is 2.70. The molecule has 0 bridgehead atoms. The first-order valence-electron chi connectivity index (χ1n) is 6.09. The molecule has 1 aromatic carbocycles. The summed E-state index contributed by atoms with van der Waals surface area (Å²) in [6.45, 7) is 4.04. The van der Waals surface area contributed by atoms with E-state index in [4.69, 9.17) is 14.2 Å². The molecule has 4 heteroatoms. The zero-order chi connectivity index (χ0) is 13.6. The van der Waals surface area contributed by atoms with Crippen molar-refractivity contribution >= 4 is 0 Å². The first-order chi connectivity index (χ1) is 8.52. The molecule has 102 valence electrons. The van der Waals surface area contributed by atoms with Crippen LogP contribution in [0, 0.1) is 0 Å². The van der Waals surface area contributed by atoms with Gasteiger partial charge in [-0.3, -0.25) is 0 Å². The molecule has 1 unspecified atom stereocenters. The highest BCUT2D eigenvalue weighted by atomic mass is 16.5. The van der Waals surface area contributed by atoms with Crippen molar-refractivity contribution in [3.05, 3.63) is 18.2 Å². The van der Waals surface area contributed by atoms with Gasteiger partial charge in [-0.15, -0.1) is 0 Å². The lowest BCUT2D eigenvalue weighted by molar-refractivity contribution is 0.00315. The monoisotopic (exact) mass is 254 g/mol. The molecule has 1 aromatic rings. The summed E-state index contributed by atoms with van der Waals surface area (Å²) in [7, 11) is 3.17. The average molecular weight is 254 g/mol. The molecule has 1 N–H and O–H groups in total. The van der Waals surface area contributed by atoms with Crippen LogP contribution in [0.1, 0.15) is 26.7 Å². The molecule has 0 heterocycles.